The maximum atomic E-state index is 14.2. The lowest BCUT2D eigenvalue weighted by atomic mass is 10.1. The molecule has 0 amide bonds. The lowest BCUT2D eigenvalue weighted by molar-refractivity contribution is 0.276. The molecular formula is C18H16FN3O2. The van der Waals surface area contributed by atoms with Crippen molar-refractivity contribution in [1.82, 2.24) is 15.0 Å². The van der Waals surface area contributed by atoms with Gasteiger partial charge in [-0.2, -0.15) is 0 Å². The molecule has 0 aliphatic heterocycles. The predicted molar refractivity (Wildman–Crippen MR) is 86.8 cm³/mol. The quantitative estimate of drug-likeness (QED) is 0.755. The number of aliphatic hydroxyl groups is 1. The standard InChI is InChI=1S/C18H16FN3O2/c19-17-14(12-23)4-1-5-16(17)15-10-21-18(22-11-15)24-8-6-13-3-2-7-20-9-13/h1-5,7,9-11,23H,6,8,12H2. The molecule has 0 fully saturated rings. The molecule has 6 heteroatoms. The molecule has 0 saturated carbocycles. The second kappa shape index (κ2) is 7.61. The molecule has 0 radical (unpaired) electrons. The molecular weight excluding hydrogens is 309 g/mol. The van der Waals surface area contributed by atoms with Crippen LogP contribution < -0.4 is 4.74 Å². The fraction of sp³-hybridized carbons (Fsp3) is 0.167. The van der Waals surface area contributed by atoms with Crippen molar-refractivity contribution in [2.24, 2.45) is 0 Å². The fourth-order valence-electron chi connectivity index (χ4n) is 2.26. The Kier molecular flexibility index (Phi) is 5.08. The van der Waals surface area contributed by atoms with Crippen molar-refractivity contribution in [2.75, 3.05) is 6.61 Å². The van der Waals surface area contributed by atoms with Crippen molar-refractivity contribution in [3.63, 3.8) is 0 Å². The summed E-state index contributed by atoms with van der Waals surface area (Å²) in [5.41, 5.74) is 2.19. The first-order valence-corrected chi connectivity index (χ1v) is 7.50. The van der Waals surface area contributed by atoms with Crippen molar-refractivity contribution in [3.05, 3.63) is 72.1 Å². The minimum atomic E-state index is -0.464. The summed E-state index contributed by atoms with van der Waals surface area (Å²) in [5.74, 6) is -0.464. The summed E-state index contributed by atoms with van der Waals surface area (Å²) in [6.45, 7) is 0.0788. The number of rotatable bonds is 6. The molecule has 0 saturated heterocycles. The van der Waals surface area contributed by atoms with Crippen LogP contribution in [0.5, 0.6) is 6.01 Å². The van der Waals surface area contributed by atoms with E-state index in [1.165, 1.54) is 18.5 Å². The number of pyridine rings is 1. The van der Waals surface area contributed by atoms with E-state index in [0.29, 0.717) is 24.2 Å². The van der Waals surface area contributed by atoms with E-state index < -0.39 is 5.82 Å². The van der Waals surface area contributed by atoms with E-state index in [2.05, 4.69) is 15.0 Å². The molecule has 0 atom stereocenters. The Hall–Kier alpha value is -2.86. The van der Waals surface area contributed by atoms with Gasteiger partial charge in [0, 0.05) is 47.9 Å². The average molecular weight is 325 g/mol. The lowest BCUT2D eigenvalue weighted by Crippen LogP contribution is -2.04. The van der Waals surface area contributed by atoms with Gasteiger partial charge in [-0.15, -0.1) is 0 Å². The first kappa shape index (κ1) is 16.0. The smallest absolute Gasteiger partial charge is 0.316 e. The number of ether oxygens (including phenoxy) is 1. The third-order valence-corrected chi connectivity index (χ3v) is 3.53. The van der Waals surface area contributed by atoms with E-state index in [-0.39, 0.29) is 18.2 Å². The normalized spacial score (nSPS) is 10.6. The van der Waals surface area contributed by atoms with Crippen LogP contribution in [0.1, 0.15) is 11.1 Å². The minimum absolute atomic E-state index is 0.237. The lowest BCUT2D eigenvalue weighted by Gasteiger charge is -2.07. The minimum Gasteiger partial charge on any atom is -0.463 e. The van der Waals surface area contributed by atoms with Gasteiger partial charge in [-0.25, -0.2) is 14.4 Å². The highest BCUT2D eigenvalue weighted by molar-refractivity contribution is 5.63. The highest BCUT2D eigenvalue weighted by Crippen LogP contribution is 2.24. The summed E-state index contributed by atoms with van der Waals surface area (Å²) < 4.78 is 19.7. The highest BCUT2D eigenvalue weighted by atomic mass is 19.1. The number of aliphatic hydroxyl groups excluding tert-OH is 1. The Labute approximate surface area is 138 Å². The number of hydrogen-bond acceptors (Lipinski definition) is 5. The summed E-state index contributed by atoms with van der Waals surface area (Å²) in [6.07, 6.45) is 7.21. The largest absolute Gasteiger partial charge is 0.463 e. The second-order valence-corrected chi connectivity index (χ2v) is 5.15. The van der Waals surface area contributed by atoms with Gasteiger partial charge in [0.05, 0.1) is 13.2 Å². The monoisotopic (exact) mass is 325 g/mol. The Balaban J connectivity index is 1.65. The van der Waals surface area contributed by atoms with E-state index in [1.807, 2.05) is 12.1 Å². The maximum Gasteiger partial charge on any atom is 0.316 e. The van der Waals surface area contributed by atoms with Crippen LogP contribution in [0, 0.1) is 5.82 Å². The first-order chi connectivity index (χ1) is 11.8. The molecule has 5 nitrogen and oxygen atoms in total. The molecule has 3 aromatic rings. The molecule has 122 valence electrons. The number of nitrogens with zero attached hydrogens (tertiary/aromatic N) is 3. The van der Waals surface area contributed by atoms with Crippen LogP contribution in [0.15, 0.2) is 55.1 Å². The van der Waals surface area contributed by atoms with Gasteiger partial charge in [0.25, 0.3) is 0 Å². The van der Waals surface area contributed by atoms with Gasteiger partial charge in [-0.05, 0) is 11.6 Å². The third-order valence-electron chi connectivity index (χ3n) is 3.53. The van der Waals surface area contributed by atoms with Crippen LogP contribution in [0.3, 0.4) is 0 Å². The van der Waals surface area contributed by atoms with E-state index >= 15 is 0 Å². The Morgan fingerprint density at radius 1 is 1.04 bits per heavy atom. The molecule has 0 aliphatic rings. The second-order valence-electron chi connectivity index (χ2n) is 5.15. The Morgan fingerprint density at radius 2 is 1.88 bits per heavy atom. The first-order valence-electron chi connectivity index (χ1n) is 7.50. The van der Waals surface area contributed by atoms with E-state index in [0.717, 1.165) is 5.56 Å². The summed E-state index contributed by atoms with van der Waals surface area (Å²) in [4.78, 5) is 12.2. The maximum absolute atomic E-state index is 14.2. The summed E-state index contributed by atoms with van der Waals surface area (Å²) >= 11 is 0. The number of benzene rings is 1. The zero-order valence-electron chi connectivity index (χ0n) is 12.9. The van der Waals surface area contributed by atoms with Crippen LogP contribution in [-0.4, -0.2) is 26.7 Å². The van der Waals surface area contributed by atoms with Gasteiger partial charge in [0.1, 0.15) is 5.82 Å². The summed E-state index contributed by atoms with van der Waals surface area (Å²) in [7, 11) is 0. The number of aromatic nitrogens is 3. The zero-order chi connectivity index (χ0) is 16.8. The highest BCUT2D eigenvalue weighted by Gasteiger charge is 2.10. The molecule has 24 heavy (non-hydrogen) atoms. The van der Waals surface area contributed by atoms with Gasteiger partial charge >= 0.3 is 6.01 Å². The summed E-state index contributed by atoms with van der Waals surface area (Å²) in [6, 6.07) is 8.92. The zero-order valence-corrected chi connectivity index (χ0v) is 12.9. The van der Waals surface area contributed by atoms with Crippen molar-refractivity contribution < 1.29 is 14.2 Å². The van der Waals surface area contributed by atoms with Gasteiger partial charge in [-0.1, -0.05) is 24.3 Å². The van der Waals surface area contributed by atoms with Gasteiger partial charge in [0.15, 0.2) is 0 Å². The SMILES string of the molecule is OCc1cccc(-c2cnc(OCCc3cccnc3)nc2)c1F. The molecule has 0 unspecified atom stereocenters. The van der Waals surface area contributed by atoms with Gasteiger partial charge < -0.3 is 9.84 Å². The molecule has 1 aromatic carbocycles. The molecule has 3 rings (SSSR count). The molecule has 0 bridgehead atoms. The average Bonchev–Trinajstić information content (AvgIpc) is 2.64. The topological polar surface area (TPSA) is 68.1 Å². The van der Waals surface area contributed by atoms with E-state index in [1.54, 1.807) is 24.5 Å². The molecule has 0 spiro atoms. The van der Waals surface area contributed by atoms with E-state index in [4.69, 9.17) is 9.84 Å². The molecule has 0 aliphatic carbocycles. The van der Waals surface area contributed by atoms with Crippen LogP contribution in [0.25, 0.3) is 11.1 Å². The van der Waals surface area contributed by atoms with Gasteiger partial charge in [-0.3, -0.25) is 4.98 Å². The third kappa shape index (κ3) is 3.72. The predicted octanol–water partition coefficient (Wildman–Crippen LogP) is 2.79. The van der Waals surface area contributed by atoms with Gasteiger partial charge in [0.2, 0.25) is 0 Å². The molecule has 1 N–H and O–H groups in total. The van der Waals surface area contributed by atoms with Crippen molar-refractivity contribution in [2.45, 2.75) is 13.0 Å². The van der Waals surface area contributed by atoms with Crippen molar-refractivity contribution in [3.8, 4) is 17.1 Å². The molecule has 2 aromatic heterocycles. The van der Waals surface area contributed by atoms with Crippen molar-refractivity contribution in [1.29, 1.82) is 0 Å². The van der Waals surface area contributed by atoms with Crippen LogP contribution in [0.2, 0.25) is 0 Å². The van der Waals surface area contributed by atoms with Crippen molar-refractivity contribution >= 4 is 0 Å². The van der Waals surface area contributed by atoms with Crippen LogP contribution in [-0.2, 0) is 13.0 Å². The van der Waals surface area contributed by atoms with E-state index in [9.17, 15) is 4.39 Å². The van der Waals surface area contributed by atoms with Crippen LogP contribution >= 0.6 is 0 Å². The number of halogens is 1. The Morgan fingerprint density at radius 3 is 2.58 bits per heavy atom. The number of hydrogen-bond donors (Lipinski definition) is 1. The van der Waals surface area contributed by atoms with Crippen LogP contribution in [0.4, 0.5) is 4.39 Å². The Bertz CT molecular complexity index is 795. The molecule has 2 heterocycles. The summed E-state index contributed by atoms with van der Waals surface area (Å²) in [5, 5.41) is 9.13. The fourth-order valence-corrected chi connectivity index (χ4v) is 2.26.